The summed E-state index contributed by atoms with van der Waals surface area (Å²) in [5.74, 6) is -2.72. The fourth-order valence-corrected chi connectivity index (χ4v) is 3.98. The van der Waals surface area contributed by atoms with Crippen LogP contribution in [-0.2, 0) is 20.8 Å². The number of aliphatic carboxylic acids is 1. The van der Waals surface area contributed by atoms with Gasteiger partial charge < -0.3 is 5.11 Å². The minimum absolute atomic E-state index is 0.0450. The number of hydrogen-bond donors (Lipinski definition) is 1. The van der Waals surface area contributed by atoms with Crippen molar-refractivity contribution in [3.8, 4) is 0 Å². The molecule has 1 aliphatic heterocycles. The molecular weight excluding hydrogens is 306 g/mol. The number of carboxylic acid groups (broad SMARTS) is 1. The molecule has 0 aromatic heterocycles. The molecule has 2 amide bonds. The van der Waals surface area contributed by atoms with E-state index in [1.165, 1.54) is 0 Å². The number of carboxylic acids is 1. The van der Waals surface area contributed by atoms with Crippen LogP contribution in [0.5, 0.6) is 0 Å². The van der Waals surface area contributed by atoms with Crippen LogP contribution in [0.3, 0.4) is 0 Å². The first-order valence-electron chi connectivity index (χ1n) is 8.21. The van der Waals surface area contributed by atoms with Gasteiger partial charge in [0.15, 0.2) is 0 Å². The zero-order valence-electron chi connectivity index (χ0n) is 13.8. The Morgan fingerprint density at radius 3 is 2.54 bits per heavy atom. The quantitative estimate of drug-likeness (QED) is 0.680. The number of carbonyl (C=O) groups is 3. The third kappa shape index (κ3) is 2.75. The summed E-state index contributed by atoms with van der Waals surface area (Å²) in [5.41, 5.74) is 1.88. The predicted octanol–water partition coefficient (Wildman–Crippen LogP) is 2.27. The minimum Gasteiger partial charge on any atom is -0.480 e. The maximum absolute atomic E-state index is 12.8. The second-order valence-corrected chi connectivity index (χ2v) is 6.80. The van der Waals surface area contributed by atoms with Crippen molar-refractivity contribution in [2.45, 2.75) is 32.7 Å². The van der Waals surface area contributed by atoms with Crippen LogP contribution in [0.4, 0.5) is 0 Å². The highest BCUT2D eigenvalue weighted by molar-refractivity contribution is 6.08. The van der Waals surface area contributed by atoms with Gasteiger partial charge in [-0.1, -0.05) is 48.9 Å². The SMILES string of the molecule is CC1=CC(C)[C@H]2C(=O)N(C(Cc3ccccc3)C(=O)O)C(=O)[C@H]2C1. The molecule has 4 atom stereocenters. The molecule has 5 heteroatoms. The van der Waals surface area contributed by atoms with E-state index in [2.05, 4.69) is 0 Å². The Hall–Kier alpha value is -2.43. The molecule has 1 saturated heterocycles. The average molecular weight is 327 g/mol. The van der Waals surface area contributed by atoms with E-state index in [0.717, 1.165) is 16.0 Å². The van der Waals surface area contributed by atoms with Crippen molar-refractivity contribution in [2.75, 3.05) is 0 Å². The van der Waals surface area contributed by atoms with E-state index in [1.807, 2.05) is 50.3 Å². The number of amides is 2. The Morgan fingerprint density at radius 1 is 1.25 bits per heavy atom. The Balaban J connectivity index is 1.91. The molecule has 1 fully saturated rings. The molecule has 126 valence electrons. The number of nitrogens with zero attached hydrogens (tertiary/aromatic N) is 1. The summed E-state index contributed by atoms with van der Waals surface area (Å²) in [5, 5.41) is 9.62. The van der Waals surface area contributed by atoms with Gasteiger partial charge in [0, 0.05) is 6.42 Å². The molecule has 0 saturated carbocycles. The number of rotatable bonds is 4. The van der Waals surface area contributed by atoms with E-state index in [-0.39, 0.29) is 24.2 Å². The summed E-state index contributed by atoms with van der Waals surface area (Å²) in [6.45, 7) is 3.87. The standard InChI is InChI=1S/C19H21NO4/c1-11-8-12(2)16-14(9-11)17(21)20(18(16)22)15(19(23)24)10-13-6-4-3-5-7-13/h3-8,12,14-16H,9-10H2,1-2H3,(H,23,24)/t12?,14-,15?,16+/m0/s1. The molecule has 2 unspecified atom stereocenters. The van der Waals surface area contributed by atoms with E-state index in [0.29, 0.717) is 6.42 Å². The highest BCUT2D eigenvalue weighted by Crippen LogP contribution is 2.41. The lowest BCUT2D eigenvalue weighted by Crippen LogP contribution is -2.47. The zero-order valence-corrected chi connectivity index (χ0v) is 13.8. The third-order valence-corrected chi connectivity index (χ3v) is 5.04. The van der Waals surface area contributed by atoms with Crippen LogP contribution >= 0.6 is 0 Å². The average Bonchev–Trinajstić information content (AvgIpc) is 2.77. The molecule has 0 radical (unpaired) electrons. The van der Waals surface area contributed by atoms with Gasteiger partial charge in [0.2, 0.25) is 11.8 Å². The van der Waals surface area contributed by atoms with Crippen LogP contribution in [0.25, 0.3) is 0 Å². The van der Waals surface area contributed by atoms with Crippen molar-refractivity contribution in [2.24, 2.45) is 17.8 Å². The van der Waals surface area contributed by atoms with Gasteiger partial charge in [0.25, 0.3) is 0 Å². The lowest BCUT2D eigenvalue weighted by molar-refractivity contribution is -0.155. The first kappa shape index (κ1) is 16.4. The van der Waals surface area contributed by atoms with Gasteiger partial charge in [-0.2, -0.15) is 0 Å². The fraction of sp³-hybridized carbons (Fsp3) is 0.421. The molecule has 3 rings (SSSR count). The van der Waals surface area contributed by atoms with Gasteiger partial charge in [0.05, 0.1) is 11.8 Å². The number of allylic oxidation sites excluding steroid dienone is 2. The minimum atomic E-state index is -1.15. The maximum Gasteiger partial charge on any atom is 0.327 e. The number of fused-ring (bicyclic) bond motifs is 1. The molecule has 5 nitrogen and oxygen atoms in total. The highest BCUT2D eigenvalue weighted by atomic mass is 16.4. The van der Waals surface area contributed by atoms with Crippen molar-refractivity contribution in [3.05, 3.63) is 47.5 Å². The summed E-state index contributed by atoms with van der Waals surface area (Å²) < 4.78 is 0. The first-order valence-corrected chi connectivity index (χ1v) is 8.21. The van der Waals surface area contributed by atoms with Crippen LogP contribution < -0.4 is 0 Å². The van der Waals surface area contributed by atoms with Crippen LogP contribution in [0, 0.1) is 17.8 Å². The molecule has 0 spiro atoms. The van der Waals surface area contributed by atoms with Gasteiger partial charge in [-0.15, -0.1) is 0 Å². The summed E-state index contributed by atoms with van der Waals surface area (Å²) in [6, 6.07) is 7.94. The van der Waals surface area contributed by atoms with Crippen LogP contribution in [0.15, 0.2) is 42.0 Å². The second-order valence-electron chi connectivity index (χ2n) is 6.80. The smallest absolute Gasteiger partial charge is 0.327 e. The van der Waals surface area contributed by atoms with Crippen LogP contribution in [0.1, 0.15) is 25.8 Å². The van der Waals surface area contributed by atoms with Gasteiger partial charge in [-0.25, -0.2) is 4.79 Å². The largest absolute Gasteiger partial charge is 0.480 e. The second kappa shape index (κ2) is 6.23. The summed E-state index contributed by atoms with van der Waals surface area (Å²) in [4.78, 5) is 38.4. The van der Waals surface area contributed by atoms with E-state index in [9.17, 15) is 19.5 Å². The van der Waals surface area contributed by atoms with Gasteiger partial charge >= 0.3 is 5.97 Å². The zero-order chi connectivity index (χ0) is 17.4. The lowest BCUT2D eigenvalue weighted by atomic mass is 9.76. The van der Waals surface area contributed by atoms with Crippen molar-refractivity contribution >= 4 is 17.8 Å². The molecular formula is C19H21NO4. The Bertz CT molecular complexity index is 709. The van der Waals surface area contributed by atoms with Gasteiger partial charge in [-0.3, -0.25) is 14.5 Å². The third-order valence-electron chi connectivity index (χ3n) is 5.04. The molecule has 1 heterocycles. The normalized spacial score (nSPS) is 27.7. The van der Waals surface area contributed by atoms with Crippen LogP contribution in [0.2, 0.25) is 0 Å². The maximum atomic E-state index is 12.8. The Morgan fingerprint density at radius 2 is 1.92 bits per heavy atom. The predicted molar refractivity (Wildman–Crippen MR) is 87.9 cm³/mol. The van der Waals surface area contributed by atoms with Gasteiger partial charge in [0.1, 0.15) is 6.04 Å². The molecule has 0 bridgehead atoms. The molecule has 1 aromatic carbocycles. The highest BCUT2D eigenvalue weighted by Gasteiger charge is 2.53. The van der Waals surface area contributed by atoms with E-state index in [4.69, 9.17) is 0 Å². The van der Waals surface area contributed by atoms with E-state index >= 15 is 0 Å². The molecule has 1 N–H and O–H groups in total. The number of likely N-dealkylation sites (tertiary alicyclic amines) is 1. The topological polar surface area (TPSA) is 74.7 Å². The van der Waals surface area contributed by atoms with Crippen LogP contribution in [-0.4, -0.2) is 33.8 Å². The Labute approximate surface area is 141 Å². The monoisotopic (exact) mass is 327 g/mol. The van der Waals surface area contributed by atoms with E-state index < -0.39 is 23.8 Å². The molecule has 24 heavy (non-hydrogen) atoms. The van der Waals surface area contributed by atoms with E-state index in [1.54, 1.807) is 0 Å². The molecule has 2 aliphatic rings. The van der Waals surface area contributed by atoms with Crippen molar-refractivity contribution in [1.82, 2.24) is 4.90 Å². The number of benzene rings is 1. The number of carbonyl (C=O) groups excluding carboxylic acids is 2. The molecule has 1 aromatic rings. The molecule has 1 aliphatic carbocycles. The number of imide groups is 1. The first-order chi connectivity index (χ1) is 11.4. The number of hydrogen-bond acceptors (Lipinski definition) is 3. The van der Waals surface area contributed by atoms with Crippen molar-refractivity contribution < 1.29 is 19.5 Å². The Kier molecular flexibility index (Phi) is 4.26. The summed E-state index contributed by atoms with van der Waals surface area (Å²) in [6.07, 6.45) is 2.68. The van der Waals surface area contributed by atoms with Crippen molar-refractivity contribution in [1.29, 1.82) is 0 Å². The van der Waals surface area contributed by atoms with Gasteiger partial charge in [-0.05, 0) is 24.8 Å². The summed E-state index contributed by atoms with van der Waals surface area (Å²) in [7, 11) is 0. The summed E-state index contributed by atoms with van der Waals surface area (Å²) >= 11 is 0. The lowest BCUT2D eigenvalue weighted by Gasteiger charge is -2.25. The van der Waals surface area contributed by atoms with Crippen molar-refractivity contribution in [3.63, 3.8) is 0 Å². The fourth-order valence-electron chi connectivity index (χ4n) is 3.98.